The Bertz CT molecular complexity index is 877. The Labute approximate surface area is 144 Å². The maximum absolute atomic E-state index is 12.5. The van der Waals surface area contributed by atoms with Crippen LogP contribution in [0.1, 0.15) is 32.5 Å². The molecule has 0 saturated heterocycles. The molecule has 4 rings (SSSR count). The van der Waals surface area contributed by atoms with Crippen molar-refractivity contribution in [2.75, 3.05) is 13.1 Å². The van der Waals surface area contributed by atoms with E-state index in [2.05, 4.69) is 40.0 Å². The number of nitrogens with zero attached hydrogens (tertiary/aromatic N) is 2. The van der Waals surface area contributed by atoms with Gasteiger partial charge in [0, 0.05) is 25.0 Å². The third-order valence-corrected chi connectivity index (χ3v) is 5.80. The fourth-order valence-corrected chi connectivity index (χ4v) is 4.41. The lowest BCUT2D eigenvalue weighted by molar-refractivity contribution is 0.0953. The van der Waals surface area contributed by atoms with Crippen molar-refractivity contribution < 1.29 is 4.79 Å². The van der Waals surface area contributed by atoms with E-state index in [9.17, 15) is 4.79 Å². The van der Waals surface area contributed by atoms with E-state index in [0.29, 0.717) is 6.54 Å². The van der Waals surface area contributed by atoms with Crippen LogP contribution in [0.2, 0.25) is 0 Å². The zero-order valence-electron chi connectivity index (χ0n) is 13.8. The smallest absolute Gasteiger partial charge is 0.261 e. The molecule has 1 aliphatic rings. The molecule has 2 N–H and O–H groups in total. The van der Waals surface area contributed by atoms with Crippen molar-refractivity contribution in [2.24, 2.45) is 7.05 Å². The van der Waals surface area contributed by atoms with Gasteiger partial charge in [-0.15, -0.1) is 11.3 Å². The first-order chi connectivity index (χ1) is 11.6. The van der Waals surface area contributed by atoms with Gasteiger partial charge in [0.1, 0.15) is 4.83 Å². The van der Waals surface area contributed by atoms with Crippen molar-refractivity contribution in [3.63, 3.8) is 0 Å². The van der Waals surface area contributed by atoms with Crippen LogP contribution < -0.4 is 10.6 Å². The van der Waals surface area contributed by atoms with Gasteiger partial charge in [-0.3, -0.25) is 9.48 Å². The zero-order valence-corrected chi connectivity index (χ0v) is 14.6. The van der Waals surface area contributed by atoms with E-state index in [1.807, 2.05) is 24.7 Å². The molecule has 3 heterocycles. The summed E-state index contributed by atoms with van der Waals surface area (Å²) in [6.07, 6.45) is 1.04. The molecular weight excluding hydrogens is 320 g/mol. The quantitative estimate of drug-likeness (QED) is 0.770. The summed E-state index contributed by atoms with van der Waals surface area (Å²) in [5.41, 5.74) is 3.63. The predicted octanol–water partition coefficient (Wildman–Crippen LogP) is 2.56. The number of amides is 1. The number of rotatable bonds is 3. The topological polar surface area (TPSA) is 59.0 Å². The Kier molecular flexibility index (Phi) is 3.86. The van der Waals surface area contributed by atoms with Gasteiger partial charge in [-0.25, -0.2) is 0 Å². The summed E-state index contributed by atoms with van der Waals surface area (Å²) < 4.78 is 1.84. The summed E-state index contributed by atoms with van der Waals surface area (Å²) >= 11 is 1.49. The minimum Gasteiger partial charge on any atom is -0.349 e. The lowest BCUT2D eigenvalue weighted by atomic mass is 9.94. The summed E-state index contributed by atoms with van der Waals surface area (Å²) in [6, 6.07) is 10.6. The van der Waals surface area contributed by atoms with E-state index >= 15 is 0 Å². The highest BCUT2D eigenvalue weighted by molar-refractivity contribution is 7.20. The summed E-state index contributed by atoms with van der Waals surface area (Å²) in [6.45, 7) is 3.52. The lowest BCUT2D eigenvalue weighted by Gasteiger charge is -2.27. The van der Waals surface area contributed by atoms with Crippen LogP contribution in [-0.4, -0.2) is 28.8 Å². The molecule has 1 atom stereocenters. The van der Waals surface area contributed by atoms with Crippen LogP contribution >= 0.6 is 11.3 Å². The molecule has 2 aromatic heterocycles. The van der Waals surface area contributed by atoms with Crippen molar-refractivity contribution in [1.82, 2.24) is 20.4 Å². The molecule has 0 bridgehead atoms. The number of fused-ring (bicyclic) bond motifs is 2. The third kappa shape index (κ3) is 2.61. The van der Waals surface area contributed by atoms with Gasteiger partial charge in [-0.1, -0.05) is 24.3 Å². The van der Waals surface area contributed by atoms with Gasteiger partial charge in [0.25, 0.3) is 5.91 Å². The van der Waals surface area contributed by atoms with Crippen LogP contribution in [-0.2, 0) is 13.5 Å². The Balaban J connectivity index is 1.49. The summed E-state index contributed by atoms with van der Waals surface area (Å²) in [7, 11) is 1.91. The number of carbonyl (C=O) groups excluding carboxylic acids is 1. The predicted molar refractivity (Wildman–Crippen MR) is 96.6 cm³/mol. The van der Waals surface area contributed by atoms with Gasteiger partial charge in [0.15, 0.2) is 0 Å². The van der Waals surface area contributed by atoms with E-state index in [1.165, 1.54) is 22.5 Å². The van der Waals surface area contributed by atoms with E-state index in [1.54, 1.807) is 0 Å². The lowest BCUT2D eigenvalue weighted by Crippen LogP contribution is -2.38. The van der Waals surface area contributed by atoms with Crippen LogP contribution in [0.25, 0.3) is 10.2 Å². The van der Waals surface area contributed by atoms with Crippen LogP contribution in [0.4, 0.5) is 0 Å². The molecule has 1 aromatic carbocycles. The molecule has 0 aliphatic carbocycles. The first kappa shape index (κ1) is 15.4. The van der Waals surface area contributed by atoms with E-state index < -0.39 is 0 Å². The molecule has 0 spiro atoms. The first-order valence-corrected chi connectivity index (χ1v) is 8.97. The standard InChI is InChI=1S/C18H20N4OS/c1-11-14-9-16(24-18(14)22(2)21-11)17(23)20-10-15-13-6-4-3-5-12(13)7-8-19-15/h3-6,9,15,19H,7-8,10H2,1-2H3,(H,20,23). The molecule has 1 amide bonds. The number of aromatic nitrogens is 2. The van der Waals surface area contributed by atoms with E-state index in [-0.39, 0.29) is 11.9 Å². The Morgan fingerprint density at radius 3 is 3.12 bits per heavy atom. The molecule has 3 aromatic rings. The average molecular weight is 340 g/mol. The molecule has 0 fully saturated rings. The summed E-state index contributed by atoms with van der Waals surface area (Å²) in [5, 5.41) is 12.0. The molecule has 6 heteroatoms. The van der Waals surface area contributed by atoms with Gasteiger partial charge in [-0.05, 0) is 37.1 Å². The average Bonchev–Trinajstić information content (AvgIpc) is 3.15. The minimum absolute atomic E-state index is 0.0135. The Morgan fingerprint density at radius 2 is 2.29 bits per heavy atom. The fourth-order valence-electron chi connectivity index (χ4n) is 3.37. The van der Waals surface area contributed by atoms with Crippen LogP contribution in [0.15, 0.2) is 30.3 Å². The Morgan fingerprint density at radius 1 is 1.46 bits per heavy atom. The van der Waals surface area contributed by atoms with Crippen LogP contribution in [0, 0.1) is 6.92 Å². The molecule has 124 valence electrons. The number of hydrogen-bond acceptors (Lipinski definition) is 4. The van der Waals surface area contributed by atoms with Crippen molar-refractivity contribution in [3.05, 3.63) is 52.0 Å². The van der Waals surface area contributed by atoms with Gasteiger partial charge in [0.2, 0.25) is 0 Å². The second-order valence-electron chi connectivity index (χ2n) is 6.20. The third-order valence-electron chi connectivity index (χ3n) is 4.60. The number of thiophene rings is 1. The summed E-state index contributed by atoms with van der Waals surface area (Å²) in [5.74, 6) is -0.0135. The first-order valence-electron chi connectivity index (χ1n) is 8.16. The minimum atomic E-state index is -0.0135. The van der Waals surface area contributed by atoms with Gasteiger partial charge >= 0.3 is 0 Å². The number of benzene rings is 1. The largest absolute Gasteiger partial charge is 0.349 e. The number of carbonyl (C=O) groups is 1. The number of hydrogen-bond donors (Lipinski definition) is 2. The number of aryl methyl sites for hydroxylation is 2. The van der Waals surface area contributed by atoms with Crippen LogP contribution in [0.3, 0.4) is 0 Å². The maximum Gasteiger partial charge on any atom is 0.261 e. The molecule has 0 saturated carbocycles. The highest BCUT2D eigenvalue weighted by atomic mass is 32.1. The van der Waals surface area contributed by atoms with Gasteiger partial charge in [-0.2, -0.15) is 5.10 Å². The van der Waals surface area contributed by atoms with Crippen molar-refractivity contribution in [1.29, 1.82) is 0 Å². The highest BCUT2D eigenvalue weighted by Crippen LogP contribution is 2.28. The van der Waals surface area contributed by atoms with Gasteiger partial charge in [0.05, 0.1) is 10.6 Å². The van der Waals surface area contributed by atoms with Gasteiger partial charge < -0.3 is 10.6 Å². The molecule has 1 aliphatic heterocycles. The highest BCUT2D eigenvalue weighted by Gasteiger charge is 2.21. The maximum atomic E-state index is 12.5. The van der Waals surface area contributed by atoms with E-state index in [4.69, 9.17) is 0 Å². The molecular formula is C18H20N4OS. The normalized spacial score (nSPS) is 17.0. The second-order valence-corrected chi connectivity index (χ2v) is 7.23. The molecule has 1 unspecified atom stereocenters. The van der Waals surface area contributed by atoms with Crippen molar-refractivity contribution in [2.45, 2.75) is 19.4 Å². The summed E-state index contributed by atoms with van der Waals surface area (Å²) in [4.78, 5) is 14.3. The Hall–Kier alpha value is -2.18. The fraction of sp³-hybridized carbons (Fsp3) is 0.333. The monoisotopic (exact) mass is 340 g/mol. The SMILES string of the molecule is Cc1nn(C)c2sc(C(=O)NCC3NCCc4ccccc43)cc12. The van der Waals surface area contributed by atoms with E-state index in [0.717, 1.165) is 33.8 Å². The van der Waals surface area contributed by atoms with Crippen LogP contribution in [0.5, 0.6) is 0 Å². The number of nitrogens with one attached hydrogen (secondary N) is 2. The molecule has 0 radical (unpaired) electrons. The second kappa shape index (κ2) is 6.03. The zero-order chi connectivity index (χ0) is 16.7. The molecule has 5 nitrogen and oxygen atoms in total. The van der Waals surface area contributed by atoms with Crippen molar-refractivity contribution >= 4 is 27.5 Å². The molecule has 24 heavy (non-hydrogen) atoms. The van der Waals surface area contributed by atoms with Crippen molar-refractivity contribution in [3.8, 4) is 0 Å².